The van der Waals surface area contributed by atoms with E-state index in [0.717, 1.165) is 36.9 Å². The Hall–Kier alpha value is -2.91. The summed E-state index contributed by atoms with van der Waals surface area (Å²) in [5, 5.41) is 3.98. The van der Waals surface area contributed by atoms with Gasteiger partial charge in [0.15, 0.2) is 5.11 Å². The van der Waals surface area contributed by atoms with Crippen molar-refractivity contribution in [2.75, 3.05) is 13.2 Å². The van der Waals surface area contributed by atoms with Gasteiger partial charge in [-0.3, -0.25) is 4.98 Å². The second-order valence-corrected chi connectivity index (χ2v) is 8.65. The second-order valence-electron chi connectivity index (χ2n) is 8.27. The highest BCUT2D eigenvalue weighted by Gasteiger charge is 2.42. The summed E-state index contributed by atoms with van der Waals surface area (Å²) in [6.07, 6.45) is 1.12. The molecule has 2 aliphatic heterocycles. The van der Waals surface area contributed by atoms with Gasteiger partial charge in [0.25, 0.3) is 0 Å². The van der Waals surface area contributed by atoms with Gasteiger partial charge >= 0.3 is 6.18 Å². The summed E-state index contributed by atoms with van der Waals surface area (Å²) < 4.78 is 47.8. The fraction of sp³-hybridized carbons (Fsp3) is 0.333. The molecule has 3 atom stereocenters. The summed E-state index contributed by atoms with van der Waals surface area (Å²) in [6, 6.07) is 14.3. The van der Waals surface area contributed by atoms with Gasteiger partial charge in [0, 0.05) is 36.9 Å². The van der Waals surface area contributed by atoms with E-state index in [4.69, 9.17) is 17.0 Å². The zero-order chi connectivity index (χ0) is 23.0. The van der Waals surface area contributed by atoms with E-state index in [2.05, 4.69) is 15.2 Å². The molecule has 9 heteroatoms. The van der Waals surface area contributed by atoms with E-state index in [1.54, 1.807) is 23.0 Å². The topological polar surface area (TPSA) is 42.3 Å². The highest BCUT2D eigenvalue weighted by atomic mass is 32.1. The van der Waals surface area contributed by atoms with Crippen LogP contribution < -0.4 is 5.32 Å². The van der Waals surface area contributed by atoms with E-state index in [1.807, 2.05) is 30.3 Å². The number of hydrogen-bond donors (Lipinski definition) is 1. The fourth-order valence-corrected chi connectivity index (χ4v) is 4.95. The molecule has 2 saturated heterocycles. The second kappa shape index (κ2) is 8.79. The van der Waals surface area contributed by atoms with E-state index < -0.39 is 11.7 Å². The van der Waals surface area contributed by atoms with Gasteiger partial charge in [0.1, 0.15) is 0 Å². The molecule has 0 radical (unpaired) electrons. The maximum absolute atomic E-state index is 13.4. The number of thiocarbonyl (C=S) groups is 1. The van der Waals surface area contributed by atoms with Crippen molar-refractivity contribution in [1.29, 1.82) is 0 Å². The van der Waals surface area contributed by atoms with Gasteiger partial charge in [-0.15, -0.1) is 0 Å². The number of hydrogen-bond acceptors (Lipinski definition) is 3. The van der Waals surface area contributed by atoms with Crippen molar-refractivity contribution in [2.45, 2.75) is 37.2 Å². The highest BCUT2D eigenvalue weighted by molar-refractivity contribution is 7.80. The van der Waals surface area contributed by atoms with Gasteiger partial charge in [-0.2, -0.15) is 13.2 Å². The van der Waals surface area contributed by atoms with Crippen LogP contribution in [0.4, 0.5) is 13.2 Å². The summed E-state index contributed by atoms with van der Waals surface area (Å²) in [6.45, 7) is 1.33. The number of ether oxygens (including phenoxy) is 1. The molecule has 33 heavy (non-hydrogen) atoms. The molecule has 0 spiro atoms. The molecule has 4 heterocycles. The van der Waals surface area contributed by atoms with Crippen LogP contribution in [0.5, 0.6) is 0 Å². The van der Waals surface area contributed by atoms with Gasteiger partial charge in [0.05, 0.1) is 29.4 Å². The molecular weight excluding hydrogens is 449 g/mol. The Morgan fingerprint density at radius 2 is 2.00 bits per heavy atom. The monoisotopic (exact) mass is 472 g/mol. The molecular formula is C24H23F3N4OS. The van der Waals surface area contributed by atoms with Crippen LogP contribution in [-0.2, 0) is 10.9 Å². The van der Waals surface area contributed by atoms with Crippen LogP contribution in [0.25, 0.3) is 5.69 Å². The molecule has 2 fully saturated rings. The third kappa shape index (κ3) is 4.35. The Morgan fingerprint density at radius 1 is 1.12 bits per heavy atom. The first-order valence-corrected chi connectivity index (χ1v) is 11.3. The quantitative estimate of drug-likeness (QED) is 0.527. The van der Waals surface area contributed by atoms with Crippen molar-refractivity contribution in [1.82, 2.24) is 19.8 Å². The maximum atomic E-state index is 13.4. The number of aromatic nitrogens is 2. The minimum absolute atomic E-state index is 0.0618. The molecule has 172 valence electrons. The summed E-state index contributed by atoms with van der Waals surface area (Å²) >= 11 is 5.71. The molecule has 5 rings (SSSR count). The molecule has 2 aliphatic rings. The number of rotatable bonds is 5. The smallest absolute Gasteiger partial charge is 0.376 e. The third-order valence-corrected chi connectivity index (χ3v) is 6.51. The molecule has 1 N–H and O–H groups in total. The first kappa shape index (κ1) is 21.9. The van der Waals surface area contributed by atoms with Crippen molar-refractivity contribution < 1.29 is 17.9 Å². The summed E-state index contributed by atoms with van der Waals surface area (Å²) in [5.41, 5.74) is 1.41. The lowest BCUT2D eigenvalue weighted by Crippen LogP contribution is -2.36. The largest absolute Gasteiger partial charge is 0.416 e. The molecule has 0 unspecified atom stereocenters. The number of nitrogens with zero attached hydrogens (tertiary/aromatic N) is 3. The Kier molecular flexibility index (Phi) is 5.84. The molecule has 1 aromatic carbocycles. The van der Waals surface area contributed by atoms with Crippen LogP contribution in [0.3, 0.4) is 0 Å². The molecule has 0 aliphatic carbocycles. The zero-order valence-corrected chi connectivity index (χ0v) is 18.5. The van der Waals surface area contributed by atoms with Crippen LogP contribution in [0.2, 0.25) is 0 Å². The SMILES string of the molecule is FC(F)(F)c1cccc(-n2cccc2[C@@H]2[C@@H](c3ccccn3)NC(=S)N2C[C@H]2CCCO2)c1. The van der Waals surface area contributed by atoms with Crippen molar-refractivity contribution in [3.63, 3.8) is 0 Å². The minimum Gasteiger partial charge on any atom is -0.376 e. The number of nitrogens with one attached hydrogen (secondary N) is 1. The van der Waals surface area contributed by atoms with Crippen LogP contribution in [0.15, 0.2) is 67.0 Å². The van der Waals surface area contributed by atoms with Gasteiger partial charge in [0.2, 0.25) is 0 Å². The average molecular weight is 473 g/mol. The summed E-state index contributed by atoms with van der Waals surface area (Å²) in [7, 11) is 0. The Morgan fingerprint density at radius 3 is 2.73 bits per heavy atom. The molecule has 3 aromatic rings. The predicted octanol–water partition coefficient (Wildman–Crippen LogP) is 5.04. The van der Waals surface area contributed by atoms with Crippen LogP contribution >= 0.6 is 12.2 Å². The lowest BCUT2D eigenvalue weighted by molar-refractivity contribution is -0.137. The minimum atomic E-state index is -4.41. The Bertz CT molecular complexity index is 1130. The number of halogens is 3. The summed E-state index contributed by atoms with van der Waals surface area (Å²) in [5.74, 6) is 0. The van der Waals surface area contributed by atoms with Crippen molar-refractivity contribution in [3.05, 3.63) is 83.9 Å². The predicted molar refractivity (Wildman–Crippen MR) is 122 cm³/mol. The maximum Gasteiger partial charge on any atom is 0.416 e. The normalized spacial score (nSPS) is 23.2. The van der Waals surface area contributed by atoms with Crippen LogP contribution in [0, 0.1) is 0 Å². The zero-order valence-electron chi connectivity index (χ0n) is 17.7. The van der Waals surface area contributed by atoms with Crippen LogP contribution in [0.1, 0.15) is 41.9 Å². The molecule has 0 saturated carbocycles. The average Bonchev–Trinajstić information content (AvgIpc) is 3.55. The van der Waals surface area contributed by atoms with Gasteiger partial charge in [-0.25, -0.2) is 0 Å². The Labute approximate surface area is 195 Å². The van der Waals surface area contributed by atoms with E-state index in [-0.39, 0.29) is 18.2 Å². The first-order valence-electron chi connectivity index (χ1n) is 10.9. The van der Waals surface area contributed by atoms with E-state index >= 15 is 0 Å². The van der Waals surface area contributed by atoms with Gasteiger partial charge < -0.3 is 19.5 Å². The van der Waals surface area contributed by atoms with E-state index in [1.165, 1.54) is 12.1 Å². The molecule has 0 bridgehead atoms. The van der Waals surface area contributed by atoms with Gasteiger partial charge in [-0.05, 0) is 67.5 Å². The lowest BCUT2D eigenvalue weighted by atomic mass is 10.0. The molecule has 5 nitrogen and oxygen atoms in total. The number of benzene rings is 1. The first-order chi connectivity index (χ1) is 15.9. The fourth-order valence-electron chi connectivity index (χ4n) is 4.63. The van der Waals surface area contributed by atoms with Crippen LogP contribution in [-0.4, -0.2) is 38.8 Å². The Balaban J connectivity index is 1.57. The van der Waals surface area contributed by atoms with Crippen molar-refractivity contribution >= 4 is 17.3 Å². The lowest BCUT2D eigenvalue weighted by Gasteiger charge is -2.30. The van der Waals surface area contributed by atoms with E-state index in [9.17, 15) is 13.2 Å². The standard InChI is InChI=1S/C24H23F3N4OS/c25-24(26,27)16-6-3-7-17(14-16)30-12-4-10-20(30)22-21(19-9-1-2-11-28-19)29-23(33)31(22)15-18-8-5-13-32-18/h1-4,6-7,9-12,14,18,21-22H,5,8,13,15H2,(H,29,33)/t18-,21-,22-/m1/s1. The highest BCUT2D eigenvalue weighted by Crippen LogP contribution is 2.40. The van der Waals surface area contributed by atoms with Crippen molar-refractivity contribution in [3.8, 4) is 5.69 Å². The molecule has 0 amide bonds. The summed E-state index contributed by atoms with van der Waals surface area (Å²) in [4.78, 5) is 6.62. The molecule has 2 aromatic heterocycles. The number of pyridine rings is 1. The van der Waals surface area contributed by atoms with E-state index in [0.29, 0.717) is 17.3 Å². The number of alkyl halides is 3. The third-order valence-electron chi connectivity index (χ3n) is 6.16. The van der Waals surface area contributed by atoms with Gasteiger partial charge in [-0.1, -0.05) is 12.1 Å². The van der Waals surface area contributed by atoms with Crippen molar-refractivity contribution in [2.24, 2.45) is 0 Å².